The van der Waals surface area contributed by atoms with Gasteiger partial charge in [-0.2, -0.15) is 4.39 Å². The number of hydrogen-bond acceptors (Lipinski definition) is 4. The van der Waals surface area contributed by atoms with E-state index >= 15 is 0 Å². The van der Waals surface area contributed by atoms with E-state index in [9.17, 15) is 22.9 Å². The Labute approximate surface area is 133 Å². The van der Waals surface area contributed by atoms with Gasteiger partial charge in [0.15, 0.2) is 0 Å². The molecule has 0 heterocycles. The van der Waals surface area contributed by atoms with Crippen molar-refractivity contribution in [3.05, 3.63) is 62.0 Å². The van der Waals surface area contributed by atoms with Gasteiger partial charge in [0.05, 0.1) is 15.5 Å². The summed E-state index contributed by atoms with van der Waals surface area (Å²) in [5.74, 6) is -1.09. The van der Waals surface area contributed by atoms with Crippen LogP contribution in [-0.4, -0.2) is 13.3 Å². The zero-order valence-electron chi connectivity index (χ0n) is 10.3. The van der Waals surface area contributed by atoms with Crippen LogP contribution in [-0.2, 0) is 10.0 Å². The second-order valence-electron chi connectivity index (χ2n) is 3.96. The molecule has 0 aliphatic carbocycles. The van der Waals surface area contributed by atoms with Gasteiger partial charge in [-0.25, -0.2) is 8.42 Å². The quantitative estimate of drug-likeness (QED) is 0.466. The number of para-hydroxylation sites is 1. The molecule has 0 spiro atoms. The third-order valence-corrected chi connectivity index (χ3v) is 4.85. The minimum absolute atomic E-state index is 0.338. The third-order valence-electron chi connectivity index (χ3n) is 2.54. The van der Waals surface area contributed by atoms with Crippen LogP contribution in [0.5, 0.6) is 0 Å². The molecule has 0 radical (unpaired) electrons. The summed E-state index contributed by atoms with van der Waals surface area (Å²) in [5, 5.41) is 10.7. The van der Waals surface area contributed by atoms with Gasteiger partial charge in [0.2, 0.25) is 5.82 Å². The Morgan fingerprint density at radius 2 is 1.86 bits per heavy atom. The normalized spacial score (nSPS) is 11.1. The lowest BCUT2D eigenvalue weighted by atomic mass is 10.3. The van der Waals surface area contributed by atoms with Crippen LogP contribution in [0.25, 0.3) is 0 Å². The Hall–Kier alpha value is -1.75. The molecule has 0 saturated carbocycles. The minimum atomic E-state index is -4.03. The van der Waals surface area contributed by atoms with Gasteiger partial charge < -0.3 is 0 Å². The van der Waals surface area contributed by atoms with E-state index < -0.39 is 26.5 Å². The molecular formula is C12H8FIN2O4S. The molecule has 0 aromatic heterocycles. The molecule has 0 atom stereocenters. The first-order valence-electron chi connectivity index (χ1n) is 5.52. The summed E-state index contributed by atoms with van der Waals surface area (Å²) in [6, 6.07) is 9.05. The number of nitrogens with zero attached hydrogens (tertiary/aromatic N) is 1. The predicted molar refractivity (Wildman–Crippen MR) is 83.0 cm³/mol. The number of hydrogen-bond donors (Lipinski definition) is 1. The van der Waals surface area contributed by atoms with Crippen molar-refractivity contribution >= 4 is 44.0 Å². The van der Waals surface area contributed by atoms with Gasteiger partial charge in [0.25, 0.3) is 10.0 Å². The highest BCUT2D eigenvalue weighted by atomic mass is 127. The van der Waals surface area contributed by atoms with E-state index in [2.05, 4.69) is 4.72 Å². The maximum absolute atomic E-state index is 13.2. The summed E-state index contributed by atoms with van der Waals surface area (Å²) in [6.07, 6.45) is 0. The maximum Gasteiger partial charge on any atom is 0.306 e. The van der Waals surface area contributed by atoms with Crippen LogP contribution in [0.15, 0.2) is 47.4 Å². The monoisotopic (exact) mass is 422 g/mol. The molecular weight excluding hydrogens is 414 g/mol. The molecule has 9 heteroatoms. The molecule has 2 rings (SSSR count). The van der Waals surface area contributed by atoms with E-state index in [1.165, 1.54) is 0 Å². The molecule has 0 unspecified atom stereocenters. The fourth-order valence-electron chi connectivity index (χ4n) is 1.55. The molecule has 2 aromatic carbocycles. The van der Waals surface area contributed by atoms with E-state index in [1.807, 2.05) is 22.6 Å². The lowest BCUT2D eigenvalue weighted by Gasteiger charge is -2.09. The van der Waals surface area contributed by atoms with Crippen LogP contribution in [0.1, 0.15) is 0 Å². The van der Waals surface area contributed by atoms with E-state index in [-0.39, 0.29) is 4.90 Å². The Bertz CT molecular complexity index is 811. The van der Waals surface area contributed by atoms with Crippen molar-refractivity contribution in [2.75, 3.05) is 4.72 Å². The molecule has 0 fully saturated rings. The van der Waals surface area contributed by atoms with Crippen molar-refractivity contribution in [3.63, 3.8) is 0 Å². The van der Waals surface area contributed by atoms with Crippen molar-refractivity contribution in [1.29, 1.82) is 0 Å². The number of halogens is 2. The number of sulfonamides is 1. The summed E-state index contributed by atoms with van der Waals surface area (Å²) >= 11 is 1.95. The van der Waals surface area contributed by atoms with Crippen molar-refractivity contribution < 1.29 is 17.7 Å². The second kappa shape index (κ2) is 5.93. The van der Waals surface area contributed by atoms with Crippen LogP contribution in [0.2, 0.25) is 0 Å². The standard InChI is InChI=1S/C12H8FIN2O4S/c13-9-6-5-8(7-12(9)16(17)18)21(19,20)15-11-4-2-1-3-10(11)14/h1-7,15H. The molecule has 0 amide bonds. The molecule has 1 N–H and O–H groups in total. The van der Waals surface area contributed by atoms with Crippen LogP contribution in [0, 0.1) is 19.5 Å². The third kappa shape index (κ3) is 3.47. The van der Waals surface area contributed by atoms with Crippen molar-refractivity contribution in [3.8, 4) is 0 Å². The number of nitro groups is 1. The van der Waals surface area contributed by atoms with Crippen LogP contribution in [0.4, 0.5) is 15.8 Å². The average Bonchev–Trinajstić information content (AvgIpc) is 2.41. The average molecular weight is 422 g/mol. The summed E-state index contributed by atoms with van der Waals surface area (Å²) in [6.45, 7) is 0. The Balaban J connectivity index is 2.43. The first kappa shape index (κ1) is 15.6. The molecule has 21 heavy (non-hydrogen) atoms. The number of nitrogens with one attached hydrogen (secondary N) is 1. The second-order valence-corrected chi connectivity index (χ2v) is 6.80. The van der Waals surface area contributed by atoms with Crippen LogP contribution in [0.3, 0.4) is 0 Å². The zero-order valence-corrected chi connectivity index (χ0v) is 13.3. The number of benzene rings is 2. The summed E-state index contributed by atoms with van der Waals surface area (Å²) in [7, 11) is -4.03. The van der Waals surface area contributed by atoms with Crippen molar-refractivity contribution in [1.82, 2.24) is 0 Å². The Morgan fingerprint density at radius 3 is 2.48 bits per heavy atom. The first-order chi connectivity index (χ1) is 9.81. The number of rotatable bonds is 4. The fourth-order valence-corrected chi connectivity index (χ4v) is 3.35. The molecule has 0 saturated heterocycles. The topological polar surface area (TPSA) is 89.3 Å². The lowest BCUT2D eigenvalue weighted by molar-refractivity contribution is -0.387. The fraction of sp³-hybridized carbons (Fsp3) is 0. The lowest BCUT2D eigenvalue weighted by Crippen LogP contribution is -2.14. The summed E-state index contributed by atoms with van der Waals surface area (Å²) in [4.78, 5) is 9.31. The molecule has 6 nitrogen and oxygen atoms in total. The number of nitro benzene ring substituents is 1. The van der Waals surface area contributed by atoms with Gasteiger partial charge in [-0.3, -0.25) is 14.8 Å². The van der Waals surface area contributed by atoms with Gasteiger partial charge in [0, 0.05) is 9.64 Å². The van der Waals surface area contributed by atoms with E-state index in [0.717, 1.165) is 12.1 Å². The predicted octanol–water partition coefficient (Wildman–Crippen LogP) is 3.14. The Kier molecular flexibility index (Phi) is 4.42. The van der Waals surface area contributed by atoms with Crippen molar-refractivity contribution in [2.45, 2.75) is 4.90 Å². The smallest absolute Gasteiger partial charge is 0.279 e. The molecule has 110 valence electrons. The first-order valence-corrected chi connectivity index (χ1v) is 8.09. The highest BCUT2D eigenvalue weighted by molar-refractivity contribution is 14.1. The van der Waals surface area contributed by atoms with Gasteiger partial charge in [-0.05, 0) is 46.9 Å². The zero-order chi connectivity index (χ0) is 15.6. The molecule has 2 aromatic rings. The van der Waals surface area contributed by atoms with Crippen LogP contribution >= 0.6 is 22.6 Å². The maximum atomic E-state index is 13.2. The van der Waals surface area contributed by atoms with E-state index in [1.54, 1.807) is 24.3 Å². The van der Waals surface area contributed by atoms with E-state index in [4.69, 9.17) is 0 Å². The minimum Gasteiger partial charge on any atom is -0.279 e. The molecule has 0 aliphatic heterocycles. The summed E-state index contributed by atoms with van der Waals surface area (Å²) < 4.78 is 40.6. The van der Waals surface area contributed by atoms with Gasteiger partial charge >= 0.3 is 5.69 Å². The number of anilines is 1. The molecule has 0 bridgehead atoms. The largest absolute Gasteiger partial charge is 0.306 e. The van der Waals surface area contributed by atoms with Gasteiger partial charge in [0.1, 0.15) is 0 Å². The molecule has 0 aliphatic rings. The highest BCUT2D eigenvalue weighted by Crippen LogP contribution is 2.25. The SMILES string of the molecule is O=[N+]([O-])c1cc(S(=O)(=O)Nc2ccccc2I)ccc1F. The highest BCUT2D eigenvalue weighted by Gasteiger charge is 2.22. The van der Waals surface area contributed by atoms with E-state index in [0.29, 0.717) is 15.3 Å². The van der Waals surface area contributed by atoms with Gasteiger partial charge in [-0.15, -0.1) is 0 Å². The van der Waals surface area contributed by atoms with Crippen molar-refractivity contribution in [2.24, 2.45) is 0 Å². The summed E-state index contributed by atoms with van der Waals surface area (Å²) in [5.41, 5.74) is -0.550. The van der Waals surface area contributed by atoms with Gasteiger partial charge in [-0.1, -0.05) is 12.1 Å². The Morgan fingerprint density at radius 1 is 1.19 bits per heavy atom. The van der Waals surface area contributed by atoms with Crippen LogP contribution < -0.4 is 4.72 Å².